The fourth-order valence-corrected chi connectivity index (χ4v) is 7.59. The van der Waals surface area contributed by atoms with Crippen molar-refractivity contribution in [2.24, 2.45) is 0 Å². The average Bonchev–Trinajstić information content (AvgIpc) is 3.56. The van der Waals surface area contributed by atoms with E-state index in [2.05, 4.69) is 44.7 Å². The number of hydrogen-bond acceptors (Lipinski definition) is 1. The van der Waals surface area contributed by atoms with Gasteiger partial charge in [-0.3, -0.25) is 0 Å². The second-order valence-corrected chi connectivity index (χ2v) is 15.4. The molecule has 2 nitrogen and oxygen atoms in total. The van der Waals surface area contributed by atoms with Crippen molar-refractivity contribution in [1.29, 1.82) is 0 Å². The minimum absolute atomic E-state index is 0.587. The monoisotopic (exact) mass is 643 g/mol. The van der Waals surface area contributed by atoms with Crippen LogP contribution in [0.15, 0.2) is 12.4 Å². The fraction of sp³-hybridized carbons (Fsp3) is 0.932. The molecular formula is C44H86N2. The van der Waals surface area contributed by atoms with Gasteiger partial charge in [-0.1, -0.05) is 226 Å². The van der Waals surface area contributed by atoms with Gasteiger partial charge in [-0.15, -0.1) is 0 Å². The molecule has 272 valence electrons. The molecule has 1 aromatic heterocycles. The molecule has 2 unspecified atom stereocenters. The first-order valence-corrected chi connectivity index (χ1v) is 21.8. The van der Waals surface area contributed by atoms with Crippen molar-refractivity contribution in [2.75, 3.05) is 0 Å². The molecule has 0 aliphatic carbocycles. The van der Waals surface area contributed by atoms with Crippen LogP contribution in [0.1, 0.15) is 270 Å². The molecule has 0 saturated carbocycles. The van der Waals surface area contributed by atoms with E-state index in [-0.39, 0.29) is 0 Å². The second-order valence-electron chi connectivity index (χ2n) is 15.4. The highest BCUT2D eigenvalue weighted by atomic mass is 15.1. The predicted molar refractivity (Wildman–Crippen MR) is 208 cm³/mol. The number of imidazole rings is 1. The SMILES string of the molecule is CCCCCCCCCCCCCCCC(C)n1ccnc1C(CCCCCCCCC)CCCCCCCCCCCCCC. The number of aromatic nitrogens is 2. The van der Waals surface area contributed by atoms with Gasteiger partial charge in [0, 0.05) is 24.4 Å². The molecule has 0 aliphatic rings. The zero-order valence-electron chi connectivity index (χ0n) is 32.5. The minimum atomic E-state index is 0.587. The summed E-state index contributed by atoms with van der Waals surface area (Å²) in [5.41, 5.74) is 0. The Morgan fingerprint density at radius 1 is 0.413 bits per heavy atom. The van der Waals surface area contributed by atoms with E-state index < -0.39 is 0 Å². The molecule has 2 atom stereocenters. The lowest BCUT2D eigenvalue weighted by atomic mass is 9.92. The molecule has 0 amide bonds. The van der Waals surface area contributed by atoms with Gasteiger partial charge in [-0.2, -0.15) is 0 Å². The highest BCUT2D eigenvalue weighted by Gasteiger charge is 2.19. The molecule has 0 spiro atoms. The third-order valence-electron chi connectivity index (χ3n) is 10.8. The van der Waals surface area contributed by atoms with Crippen LogP contribution in [0.25, 0.3) is 0 Å². The molecule has 0 N–H and O–H groups in total. The standard InChI is InChI=1S/C44H86N2/c1-5-8-11-14-17-19-21-23-24-26-29-31-34-37-42(4)46-41-40-45-44(46)43(38-35-32-28-16-13-10-7-3)39-36-33-30-27-25-22-20-18-15-12-9-6-2/h40-43H,5-39H2,1-4H3. The second kappa shape index (κ2) is 34.1. The minimum Gasteiger partial charge on any atom is -0.332 e. The molecule has 0 aliphatic heterocycles. The topological polar surface area (TPSA) is 17.8 Å². The summed E-state index contributed by atoms with van der Waals surface area (Å²) in [6.45, 7) is 9.40. The molecule has 0 saturated heterocycles. The first-order chi connectivity index (χ1) is 22.7. The average molecular weight is 643 g/mol. The van der Waals surface area contributed by atoms with Crippen LogP contribution >= 0.6 is 0 Å². The van der Waals surface area contributed by atoms with Crippen LogP contribution in [0, 0.1) is 0 Å². The molecule has 0 bridgehead atoms. The molecule has 46 heavy (non-hydrogen) atoms. The molecule has 2 heteroatoms. The number of nitrogens with zero attached hydrogens (tertiary/aromatic N) is 2. The van der Waals surface area contributed by atoms with E-state index in [9.17, 15) is 0 Å². The molecule has 0 radical (unpaired) electrons. The lowest BCUT2D eigenvalue weighted by Crippen LogP contribution is -2.13. The molecule has 1 aromatic rings. The first-order valence-electron chi connectivity index (χ1n) is 21.8. The third-order valence-corrected chi connectivity index (χ3v) is 10.8. The van der Waals surface area contributed by atoms with Crippen LogP contribution in [0.2, 0.25) is 0 Å². The van der Waals surface area contributed by atoms with E-state index in [0.717, 1.165) is 0 Å². The summed E-state index contributed by atoms with van der Waals surface area (Å²) < 4.78 is 2.59. The van der Waals surface area contributed by atoms with Crippen LogP contribution in [0.4, 0.5) is 0 Å². The van der Waals surface area contributed by atoms with Crippen molar-refractivity contribution in [1.82, 2.24) is 9.55 Å². The Hall–Kier alpha value is -0.790. The largest absolute Gasteiger partial charge is 0.332 e. The van der Waals surface area contributed by atoms with Crippen molar-refractivity contribution >= 4 is 0 Å². The quantitative estimate of drug-likeness (QED) is 0.0660. The zero-order valence-corrected chi connectivity index (χ0v) is 32.5. The zero-order chi connectivity index (χ0) is 33.2. The van der Waals surface area contributed by atoms with E-state index in [1.807, 2.05) is 0 Å². The van der Waals surface area contributed by atoms with Gasteiger partial charge in [0.1, 0.15) is 5.82 Å². The van der Waals surface area contributed by atoms with Gasteiger partial charge in [0.15, 0.2) is 0 Å². The Labute approximate surface area is 291 Å². The van der Waals surface area contributed by atoms with Crippen LogP contribution in [0.3, 0.4) is 0 Å². The van der Waals surface area contributed by atoms with E-state index in [0.29, 0.717) is 12.0 Å². The van der Waals surface area contributed by atoms with Crippen LogP contribution in [0.5, 0.6) is 0 Å². The van der Waals surface area contributed by atoms with Crippen molar-refractivity contribution in [3.63, 3.8) is 0 Å². The van der Waals surface area contributed by atoms with Crippen LogP contribution < -0.4 is 0 Å². The highest BCUT2D eigenvalue weighted by molar-refractivity contribution is 5.02. The van der Waals surface area contributed by atoms with E-state index >= 15 is 0 Å². The lowest BCUT2D eigenvalue weighted by molar-refractivity contribution is 0.412. The third kappa shape index (κ3) is 25.3. The summed E-state index contributed by atoms with van der Waals surface area (Å²) in [4.78, 5) is 5.03. The van der Waals surface area contributed by atoms with E-state index in [4.69, 9.17) is 4.98 Å². The van der Waals surface area contributed by atoms with Gasteiger partial charge in [-0.05, 0) is 26.2 Å². The lowest BCUT2D eigenvalue weighted by Gasteiger charge is -2.22. The predicted octanol–water partition coefficient (Wildman–Crippen LogP) is 16.2. The maximum Gasteiger partial charge on any atom is 0.111 e. The number of unbranched alkanes of at least 4 members (excludes halogenated alkanes) is 29. The van der Waals surface area contributed by atoms with Gasteiger partial charge in [0.2, 0.25) is 0 Å². The summed E-state index contributed by atoms with van der Waals surface area (Å²) in [7, 11) is 0. The van der Waals surface area contributed by atoms with Gasteiger partial charge in [0.05, 0.1) is 0 Å². The Balaban J connectivity index is 2.35. The van der Waals surface area contributed by atoms with Crippen molar-refractivity contribution in [3.8, 4) is 0 Å². The molecule has 0 fully saturated rings. The van der Waals surface area contributed by atoms with Gasteiger partial charge < -0.3 is 4.57 Å². The maximum absolute atomic E-state index is 5.03. The summed E-state index contributed by atoms with van der Waals surface area (Å²) in [5.74, 6) is 2.07. The summed E-state index contributed by atoms with van der Waals surface area (Å²) in [6.07, 6.45) is 54.2. The van der Waals surface area contributed by atoms with Crippen LogP contribution in [-0.4, -0.2) is 9.55 Å². The van der Waals surface area contributed by atoms with Crippen molar-refractivity contribution in [2.45, 2.75) is 264 Å². The van der Waals surface area contributed by atoms with E-state index in [1.54, 1.807) is 0 Å². The summed E-state index contributed by atoms with van der Waals surface area (Å²) in [5, 5.41) is 0. The molecule has 1 rings (SSSR count). The van der Waals surface area contributed by atoms with Gasteiger partial charge in [0.25, 0.3) is 0 Å². The Bertz CT molecular complexity index is 709. The smallest absolute Gasteiger partial charge is 0.111 e. The summed E-state index contributed by atoms with van der Waals surface area (Å²) >= 11 is 0. The fourth-order valence-electron chi connectivity index (χ4n) is 7.59. The molecule has 1 heterocycles. The normalized spacial score (nSPS) is 13.0. The number of rotatable bonds is 37. The molecule has 0 aromatic carbocycles. The van der Waals surface area contributed by atoms with Crippen molar-refractivity contribution < 1.29 is 0 Å². The Morgan fingerprint density at radius 3 is 1.02 bits per heavy atom. The Kier molecular flexibility index (Phi) is 32.0. The van der Waals surface area contributed by atoms with E-state index in [1.165, 1.54) is 231 Å². The first kappa shape index (κ1) is 43.2. The van der Waals surface area contributed by atoms with Gasteiger partial charge >= 0.3 is 0 Å². The maximum atomic E-state index is 5.03. The number of hydrogen-bond donors (Lipinski definition) is 0. The molecular weight excluding hydrogens is 556 g/mol. The van der Waals surface area contributed by atoms with Gasteiger partial charge in [-0.25, -0.2) is 4.98 Å². The van der Waals surface area contributed by atoms with Crippen molar-refractivity contribution in [3.05, 3.63) is 18.2 Å². The van der Waals surface area contributed by atoms with Crippen LogP contribution in [-0.2, 0) is 0 Å². The summed E-state index contributed by atoms with van der Waals surface area (Å²) in [6, 6.07) is 0.587. The Morgan fingerprint density at radius 2 is 0.696 bits per heavy atom. The highest BCUT2D eigenvalue weighted by Crippen LogP contribution is 2.31.